The van der Waals surface area contributed by atoms with Crippen LogP contribution in [0.5, 0.6) is 0 Å². The third-order valence-corrected chi connectivity index (χ3v) is 9.82. The summed E-state index contributed by atoms with van der Waals surface area (Å²) in [4.78, 5) is 42.7. The predicted molar refractivity (Wildman–Crippen MR) is 195 cm³/mol. The highest BCUT2D eigenvalue weighted by molar-refractivity contribution is 5.94. The lowest BCUT2D eigenvalue weighted by Crippen LogP contribution is -2.39. The van der Waals surface area contributed by atoms with Crippen LogP contribution >= 0.6 is 0 Å². The van der Waals surface area contributed by atoms with Crippen molar-refractivity contribution in [3.63, 3.8) is 0 Å². The fourth-order valence-corrected chi connectivity index (χ4v) is 7.19. The Labute approximate surface area is 290 Å². The van der Waals surface area contributed by atoms with Crippen molar-refractivity contribution in [1.29, 1.82) is 0 Å². The van der Waals surface area contributed by atoms with Gasteiger partial charge in [-0.3, -0.25) is 19.3 Å². The lowest BCUT2D eigenvalue weighted by molar-refractivity contribution is 0.0952. The summed E-state index contributed by atoms with van der Waals surface area (Å²) in [5.41, 5.74) is 5.87. The van der Waals surface area contributed by atoms with Gasteiger partial charge in [0.2, 0.25) is 0 Å². The van der Waals surface area contributed by atoms with Crippen molar-refractivity contribution in [2.75, 3.05) is 24.5 Å². The smallest absolute Gasteiger partial charge is 0.326 e. The summed E-state index contributed by atoms with van der Waals surface area (Å²) in [6.07, 6.45) is 10.0. The van der Waals surface area contributed by atoms with E-state index >= 15 is 0 Å². The van der Waals surface area contributed by atoms with Gasteiger partial charge in [0.1, 0.15) is 0 Å². The van der Waals surface area contributed by atoms with Crippen molar-refractivity contribution in [3.8, 4) is 0 Å². The third kappa shape index (κ3) is 6.62. The Morgan fingerprint density at radius 1 is 0.920 bits per heavy atom. The molecule has 0 bridgehead atoms. The molecule has 0 aliphatic carbocycles. The molecule has 2 N–H and O–H groups in total. The summed E-state index contributed by atoms with van der Waals surface area (Å²) >= 11 is 0. The lowest BCUT2D eigenvalue weighted by atomic mass is 10.0. The third-order valence-electron chi connectivity index (χ3n) is 9.82. The van der Waals surface area contributed by atoms with Crippen molar-refractivity contribution in [2.45, 2.75) is 44.6 Å². The van der Waals surface area contributed by atoms with Gasteiger partial charge >= 0.3 is 5.69 Å². The first-order valence-electron chi connectivity index (χ1n) is 17.4. The summed E-state index contributed by atoms with van der Waals surface area (Å²) in [6.45, 7) is 4.13. The molecule has 0 radical (unpaired) electrons. The first-order valence-corrected chi connectivity index (χ1v) is 17.4. The number of carbonyl (C=O) groups is 1. The van der Waals surface area contributed by atoms with Gasteiger partial charge in [-0.25, -0.2) is 9.78 Å². The second kappa shape index (κ2) is 14.0. The van der Waals surface area contributed by atoms with Gasteiger partial charge in [-0.15, -0.1) is 0 Å². The van der Waals surface area contributed by atoms with Gasteiger partial charge in [-0.05, 0) is 72.9 Å². The first kappa shape index (κ1) is 31.5. The minimum Gasteiger partial charge on any atom is -0.352 e. The quantitative estimate of drug-likeness (QED) is 0.206. The molecule has 1 saturated heterocycles. The summed E-state index contributed by atoms with van der Waals surface area (Å²) in [5, 5.41) is 4.82. The predicted octanol–water partition coefficient (Wildman–Crippen LogP) is 4.76. The van der Waals surface area contributed by atoms with E-state index in [4.69, 9.17) is 4.99 Å². The van der Waals surface area contributed by atoms with Crippen molar-refractivity contribution >= 4 is 28.8 Å². The molecule has 10 heteroatoms. The highest BCUT2D eigenvalue weighted by Gasteiger charge is 2.25. The maximum atomic E-state index is 13.0. The normalized spacial score (nSPS) is 16.5. The summed E-state index contributed by atoms with van der Waals surface area (Å²) in [6, 6.07) is 32.9. The van der Waals surface area contributed by atoms with E-state index in [0.717, 1.165) is 78.3 Å². The summed E-state index contributed by atoms with van der Waals surface area (Å²) in [5.74, 6) is -0.0908. The van der Waals surface area contributed by atoms with Gasteiger partial charge in [-0.1, -0.05) is 54.6 Å². The van der Waals surface area contributed by atoms with Crippen LogP contribution in [0.4, 0.5) is 5.69 Å². The van der Waals surface area contributed by atoms with Crippen molar-refractivity contribution in [3.05, 3.63) is 154 Å². The number of nitrogens with one attached hydrogen (secondary N) is 2. The topological polar surface area (TPSA) is 104 Å². The SMILES string of the molecule is O=C(NCCCn1ccnc1)c1ccc2c(c1)=CN(c1ccccc1)C(c1ccc(CN3CCC(n4c(=O)[nH]c5ccccc54)CC3)cc1)N=2. The Bertz CT molecular complexity index is 2270. The number of aromatic nitrogens is 4. The lowest BCUT2D eigenvalue weighted by Gasteiger charge is -2.33. The highest BCUT2D eigenvalue weighted by atomic mass is 16.2. The number of rotatable bonds is 10. The van der Waals surface area contributed by atoms with Crippen molar-refractivity contribution in [2.24, 2.45) is 4.99 Å². The van der Waals surface area contributed by atoms with Gasteiger partial charge < -0.3 is 19.8 Å². The summed E-state index contributed by atoms with van der Waals surface area (Å²) in [7, 11) is 0. The van der Waals surface area contributed by atoms with Gasteiger partial charge in [0.05, 0.1) is 22.7 Å². The molecule has 50 heavy (non-hydrogen) atoms. The fraction of sp³-hybridized carbons (Fsp3) is 0.250. The Balaban J connectivity index is 0.955. The zero-order valence-electron chi connectivity index (χ0n) is 27.9. The average molecular weight is 665 g/mol. The number of aromatic amines is 1. The number of aryl methyl sites for hydroxylation is 1. The van der Waals surface area contributed by atoms with E-state index in [-0.39, 0.29) is 23.8 Å². The molecule has 2 aliphatic heterocycles. The second-order valence-corrected chi connectivity index (χ2v) is 13.1. The largest absolute Gasteiger partial charge is 0.352 e. The van der Waals surface area contributed by atoms with E-state index in [1.165, 1.54) is 5.56 Å². The molecule has 10 nitrogen and oxygen atoms in total. The van der Waals surface area contributed by atoms with Crippen molar-refractivity contribution < 1.29 is 4.79 Å². The molecule has 8 rings (SSSR count). The Kier molecular flexibility index (Phi) is 8.83. The van der Waals surface area contributed by atoms with Crippen LogP contribution in [-0.2, 0) is 13.1 Å². The number of imidazole rings is 2. The first-order chi connectivity index (χ1) is 24.6. The molecule has 0 spiro atoms. The number of anilines is 1. The minimum atomic E-state index is -0.243. The Hall–Kier alpha value is -5.74. The number of H-pyrrole nitrogens is 1. The molecule has 4 aromatic carbocycles. The van der Waals surface area contributed by atoms with Crippen LogP contribution in [0.1, 0.15) is 53.0 Å². The van der Waals surface area contributed by atoms with Crippen LogP contribution < -0.4 is 26.5 Å². The number of para-hydroxylation sites is 3. The monoisotopic (exact) mass is 664 g/mol. The maximum absolute atomic E-state index is 13.0. The van der Waals surface area contributed by atoms with Crippen LogP contribution in [0.2, 0.25) is 0 Å². The van der Waals surface area contributed by atoms with Crippen LogP contribution in [0, 0.1) is 0 Å². The number of benzene rings is 4. The standard InChI is InChI=1S/C40H40N8O2/c49-39(42-19-6-21-46-24-20-41-28-46)31-15-16-35-32(25-31)27-47(33-7-2-1-3-8-33)38(43-35)30-13-11-29(12-14-30)26-45-22-17-34(18-23-45)48-37-10-5-4-9-36(37)44-40(48)50/h1-5,7-16,20,24-25,27-28,34,38H,6,17-19,21-23,26H2,(H,42,49)(H,44,50). The second-order valence-electron chi connectivity index (χ2n) is 13.1. The number of hydrogen-bond acceptors (Lipinski definition) is 6. The molecular weight excluding hydrogens is 624 g/mol. The number of piperidine rings is 1. The molecule has 1 unspecified atom stereocenters. The van der Waals surface area contributed by atoms with Crippen LogP contribution in [-0.4, -0.2) is 49.5 Å². The van der Waals surface area contributed by atoms with Gasteiger partial charge in [0, 0.05) is 73.8 Å². The molecule has 6 aromatic rings. The van der Waals surface area contributed by atoms with E-state index in [1.54, 1.807) is 12.5 Å². The highest BCUT2D eigenvalue weighted by Crippen LogP contribution is 2.30. The van der Waals surface area contributed by atoms with Gasteiger partial charge in [-0.2, -0.15) is 0 Å². The number of hydrogen-bond donors (Lipinski definition) is 2. The minimum absolute atomic E-state index is 0.0167. The van der Waals surface area contributed by atoms with E-state index in [9.17, 15) is 9.59 Å². The van der Waals surface area contributed by atoms with Crippen LogP contribution in [0.25, 0.3) is 17.2 Å². The molecule has 0 saturated carbocycles. The molecular formula is C40H40N8O2. The van der Waals surface area contributed by atoms with E-state index in [2.05, 4.69) is 67.7 Å². The number of nitrogens with zero attached hydrogens (tertiary/aromatic N) is 6. The van der Waals surface area contributed by atoms with E-state index < -0.39 is 0 Å². The van der Waals surface area contributed by atoms with E-state index in [1.807, 2.05) is 76.0 Å². The fourth-order valence-electron chi connectivity index (χ4n) is 7.19. The molecule has 252 valence electrons. The van der Waals surface area contributed by atoms with Crippen LogP contribution in [0.15, 0.2) is 126 Å². The molecule has 4 heterocycles. The number of carbonyl (C=O) groups excluding carboxylic acids is 1. The molecule has 1 amide bonds. The summed E-state index contributed by atoms with van der Waals surface area (Å²) < 4.78 is 3.95. The van der Waals surface area contributed by atoms with Crippen molar-refractivity contribution in [1.82, 2.24) is 29.3 Å². The van der Waals surface area contributed by atoms with Gasteiger partial charge in [0.25, 0.3) is 5.91 Å². The molecule has 2 aromatic heterocycles. The molecule has 1 atom stereocenters. The number of fused-ring (bicyclic) bond motifs is 2. The Morgan fingerprint density at radius 2 is 1.72 bits per heavy atom. The van der Waals surface area contributed by atoms with Gasteiger partial charge in [0.15, 0.2) is 6.17 Å². The zero-order valence-corrected chi connectivity index (χ0v) is 27.9. The van der Waals surface area contributed by atoms with E-state index in [0.29, 0.717) is 12.1 Å². The van der Waals surface area contributed by atoms with Crippen LogP contribution in [0.3, 0.4) is 0 Å². The Morgan fingerprint density at radius 3 is 2.52 bits per heavy atom. The maximum Gasteiger partial charge on any atom is 0.326 e. The molecule has 2 aliphatic rings. The number of likely N-dealkylation sites (tertiary alicyclic amines) is 1. The number of amides is 1. The average Bonchev–Trinajstić information content (AvgIpc) is 3.81. The molecule has 1 fully saturated rings. The zero-order chi connectivity index (χ0) is 33.9.